The number of esters is 1. The van der Waals surface area contributed by atoms with Crippen LogP contribution in [0.1, 0.15) is 51.5 Å². The highest BCUT2D eigenvalue weighted by atomic mass is 16.5. The molecule has 6 rings (SSSR count). The second-order valence-corrected chi connectivity index (χ2v) is 11.3. The lowest BCUT2D eigenvalue weighted by molar-refractivity contribution is -0.147. The van der Waals surface area contributed by atoms with Gasteiger partial charge in [-0.15, -0.1) is 0 Å². The molecule has 38 heavy (non-hydrogen) atoms. The molecule has 1 fully saturated rings. The number of hydrogen-bond donors (Lipinski definition) is 1. The summed E-state index contributed by atoms with van der Waals surface area (Å²) >= 11 is 0. The van der Waals surface area contributed by atoms with Crippen molar-refractivity contribution in [2.75, 3.05) is 6.54 Å². The zero-order chi connectivity index (χ0) is 26.6. The molecule has 1 N–H and O–H groups in total. The average Bonchev–Trinajstić information content (AvgIpc) is 3.17. The Morgan fingerprint density at radius 3 is 2.84 bits per heavy atom. The number of allylic oxidation sites excluding steroid dienone is 4. The molecule has 4 aliphatic rings. The van der Waals surface area contributed by atoms with Gasteiger partial charge in [-0.3, -0.25) is 19.4 Å². The molecule has 1 aliphatic heterocycles. The number of pyridine rings is 1. The van der Waals surface area contributed by atoms with Gasteiger partial charge in [-0.25, -0.2) is 0 Å². The second-order valence-electron chi connectivity index (χ2n) is 11.3. The Bertz CT molecular complexity index is 1430. The van der Waals surface area contributed by atoms with Gasteiger partial charge in [-0.2, -0.15) is 0 Å². The van der Waals surface area contributed by atoms with Crippen LogP contribution in [0.4, 0.5) is 0 Å². The minimum atomic E-state index is -0.341. The Kier molecular flexibility index (Phi) is 5.97. The Morgan fingerprint density at radius 1 is 1.21 bits per heavy atom. The number of carbonyl (C=O) groups excluding carboxylic acids is 3. The molecular formula is C31H32N2O5. The maximum absolute atomic E-state index is 13.0. The number of benzene rings is 1. The van der Waals surface area contributed by atoms with E-state index >= 15 is 0 Å². The summed E-state index contributed by atoms with van der Waals surface area (Å²) in [7, 11) is 0. The molecule has 3 aliphatic carbocycles. The summed E-state index contributed by atoms with van der Waals surface area (Å²) in [6, 6.07) is 8.25. The molecule has 1 saturated carbocycles. The SMILES string of the molecule is CC(=O)NCC1CC(=O)C2=C(C1)O[C@@H]1C(=C2)C=C[C@]2(C)[C@@H](c3cccc4cnccc34)C(OC(C)=O)C[C@@H]12. The van der Waals surface area contributed by atoms with Crippen LogP contribution < -0.4 is 5.32 Å². The Morgan fingerprint density at radius 2 is 2.05 bits per heavy atom. The van der Waals surface area contributed by atoms with Gasteiger partial charge in [0.2, 0.25) is 5.91 Å². The fraction of sp³-hybridized carbons (Fsp3) is 0.419. The third kappa shape index (κ3) is 4.05. The number of carbonyl (C=O) groups is 3. The lowest BCUT2D eigenvalue weighted by Crippen LogP contribution is -2.42. The predicted molar refractivity (Wildman–Crippen MR) is 142 cm³/mol. The summed E-state index contributed by atoms with van der Waals surface area (Å²) in [6.07, 6.45) is 11.1. The van der Waals surface area contributed by atoms with Crippen LogP contribution in [0.15, 0.2) is 71.8 Å². The third-order valence-corrected chi connectivity index (χ3v) is 8.79. The summed E-state index contributed by atoms with van der Waals surface area (Å²) < 4.78 is 12.7. The zero-order valence-electron chi connectivity index (χ0n) is 21.9. The van der Waals surface area contributed by atoms with Crippen LogP contribution in [0.25, 0.3) is 10.8 Å². The number of aromatic nitrogens is 1. The van der Waals surface area contributed by atoms with Crippen molar-refractivity contribution in [2.45, 2.75) is 58.2 Å². The molecular weight excluding hydrogens is 480 g/mol. The van der Waals surface area contributed by atoms with E-state index in [4.69, 9.17) is 9.47 Å². The van der Waals surface area contributed by atoms with Crippen molar-refractivity contribution in [1.29, 1.82) is 0 Å². The standard InChI is InChI=1S/C31H32N2O5/c1-17(34)33-15-19-11-26(36)24-13-20-7-9-31(3)25(30(20)38-27(24)12-19)14-28(37-18(2)35)29(31)23-6-4-5-21-16-32-10-8-22(21)23/h4-10,13,16,19,25,28-30H,11-12,14-15H2,1-3H3,(H,33,34)/t19?,25-,28?,29-,30+,31-/m0/s1. The van der Waals surface area contributed by atoms with Gasteiger partial charge in [0.25, 0.3) is 0 Å². The van der Waals surface area contributed by atoms with Crippen LogP contribution in [0, 0.1) is 17.3 Å². The normalized spacial score (nSPS) is 31.6. The Labute approximate surface area is 222 Å². The van der Waals surface area contributed by atoms with Crippen LogP contribution in [-0.4, -0.2) is 41.4 Å². The van der Waals surface area contributed by atoms with E-state index in [1.165, 1.54) is 13.8 Å². The second kappa shape index (κ2) is 9.22. The molecule has 0 bridgehead atoms. The van der Waals surface area contributed by atoms with Gasteiger partial charge in [0.1, 0.15) is 18.0 Å². The van der Waals surface area contributed by atoms with Gasteiger partial charge in [-0.1, -0.05) is 37.3 Å². The molecule has 7 heteroatoms. The van der Waals surface area contributed by atoms with Crippen LogP contribution in [-0.2, 0) is 23.9 Å². The van der Waals surface area contributed by atoms with Crippen molar-refractivity contribution in [2.24, 2.45) is 17.3 Å². The van der Waals surface area contributed by atoms with Crippen LogP contribution >= 0.6 is 0 Å². The van der Waals surface area contributed by atoms with Gasteiger partial charge in [0, 0.05) is 68.3 Å². The number of nitrogens with zero attached hydrogens (tertiary/aromatic N) is 1. The Balaban J connectivity index is 1.38. The van der Waals surface area contributed by atoms with Gasteiger partial charge >= 0.3 is 5.97 Å². The number of fused-ring (bicyclic) bond motifs is 4. The van der Waals surface area contributed by atoms with Gasteiger partial charge in [-0.05, 0) is 41.0 Å². The maximum Gasteiger partial charge on any atom is 0.302 e. The lowest BCUT2D eigenvalue weighted by atomic mass is 9.64. The van der Waals surface area contributed by atoms with E-state index in [2.05, 4.69) is 41.5 Å². The van der Waals surface area contributed by atoms with Crippen molar-refractivity contribution in [3.05, 3.63) is 77.4 Å². The first-order chi connectivity index (χ1) is 18.2. The number of ketones is 1. The zero-order valence-corrected chi connectivity index (χ0v) is 21.9. The molecule has 1 aromatic carbocycles. The molecule has 0 saturated heterocycles. The monoisotopic (exact) mass is 512 g/mol. The minimum Gasteiger partial charge on any atom is -0.489 e. The molecule has 2 unspecified atom stereocenters. The molecule has 6 atom stereocenters. The third-order valence-electron chi connectivity index (χ3n) is 8.79. The summed E-state index contributed by atoms with van der Waals surface area (Å²) in [4.78, 5) is 41.0. The van der Waals surface area contributed by atoms with Crippen LogP contribution in [0.2, 0.25) is 0 Å². The molecule has 1 aromatic heterocycles. The quantitative estimate of drug-likeness (QED) is 0.605. The maximum atomic E-state index is 13.0. The number of hydrogen-bond acceptors (Lipinski definition) is 6. The lowest BCUT2D eigenvalue weighted by Gasteiger charge is -2.44. The minimum absolute atomic E-state index is 0.0139. The van der Waals surface area contributed by atoms with Crippen molar-refractivity contribution < 1.29 is 23.9 Å². The van der Waals surface area contributed by atoms with Gasteiger partial charge < -0.3 is 14.8 Å². The predicted octanol–water partition coefficient (Wildman–Crippen LogP) is 4.54. The largest absolute Gasteiger partial charge is 0.489 e. The highest BCUT2D eigenvalue weighted by molar-refractivity contribution is 6.00. The van der Waals surface area contributed by atoms with Crippen molar-refractivity contribution in [3.63, 3.8) is 0 Å². The first kappa shape index (κ1) is 24.6. The molecule has 7 nitrogen and oxygen atoms in total. The highest BCUT2D eigenvalue weighted by Gasteiger charge is 2.58. The van der Waals surface area contributed by atoms with Crippen LogP contribution in [0.5, 0.6) is 0 Å². The molecule has 0 spiro atoms. The van der Waals surface area contributed by atoms with Gasteiger partial charge in [0.05, 0.1) is 5.57 Å². The van der Waals surface area contributed by atoms with E-state index in [1.807, 2.05) is 24.4 Å². The number of Topliss-reactive ketones (excluding diaryl/α,β-unsaturated/α-hetero) is 1. The van der Waals surface area contributed by atoms with E-state index in [-0.39, 0.29) is 53.0 Å². The van der Waals surface area contributed by atoms with Crippen molar-refractivity contribution in [3.8, 4) is 0 Å². The van der Waals surface area contributed by atoms with E-state index in [0.717, 1.165) is 21.9 Å². The summed E-state index contributed by atoms with van der Waals surface area (Å²) in [5.41, 5.74) is 2.43. The first-order valence-corrected chi connectivity index (χ1v) is 13.3. The first-order valence-electron chi connectivity index (χ1n) is 13.3. The Hall–Kier alpha value is -3.74. The van der Waals surface area contributed by atoms with E-state index in [9.17, 15) is 14.4 Å². The van der Waals surface area contributed by atoms with Crippen LogP contribution in [0.3, 0.4) is 0 Å². The molecule has 1 amide bonds. The summed E-state index contributed by atoms with van der Waals surface area (Å²) in [6.45, 7) is 5.64. The van der Waals surface area contributed by atoms with E-state index in [0.29, 0.717) is 37.1 Å². The number of rotatable bonds is 4. The molecule has 0 radical (unpaired) electrons. The van der Waals surface area contributed by atoms with Crippen molar-refractivity contribution in [1.82, 2.24) is 10.3 Å². The highest BCUT2D eigenvalue weighted by Crippen LogP contribution is 2.61. The number of ether oxygens (including phenoxy) is 2. The van der Waals surface area contributed by atoms with E-state index < -0.39 is 0 Å². The summed E-state index contributed by atoms with van der Waals surface area (Å²) in [5.74, 6) is 0.365. The topological polar surface area (TPSA) is 94.6 Å². The van der Waals surface area contributed by atoms with Gasteiger partial charge in [0.15, 0.2) is 5.78 Å². The van der Waals surface area contributed by atoms with E-state index in [1.54, 1.807) is 6.20 Å². The fourth-order valence-corrected chi connectivity index (χ4v) is 7.11. The molecule has 196 valence electrons. The number of amides is 1. The summed E-state index contributed by atoms with van der Waals surface area (Å²) in [5, 5.41) is 5.00. The van der Waals surface area contributed by atoms with Crippen molar-refractivity contribution >= 4 is 28.4 Å². The average molecular weight is 513 g/mol. The number of nitrogens with one attached hydrogen (secondary N) is 1. The smallest absolute Gasteiger partial charge is 0.302 e. The molecule has 2 aromatic rings. The fourth-order valence-electron chi connectivity index (χ4n) is 7.11. The molecule has 2 heterocycles.